The first-order valence-electron chi connectivity index (χ1n) is 7.22. The van der Waals surface area contributed by atoms with Gasteiger partial charge in [0.2, 0.25) is 0 Å². The summed E-state index contributed by atoms with van der Waals surface area (Å²) < 4.78 is 39.0. The molecule has 2 heterocycles. The third-order valence-corrected chi connectivity index (χ3v) is 4.16. The summed E-state index contributed by atoms with van der Waals surface area (Å²) in [6.45, 7) is -1.15. The Morgan fingerprint density at radius 1 is 1.12 bits per heavy atom. The van der Waals surface area contributed by atoms with E-state index in [0.717, 1.165) is 10.3 Å². The molecule has 0 aliphatic carbocycles. The summed E-state index contributed by atoms with van der Waals surface area (Å²) >= 11 is 0. The van der Waals surface area contributed by atoms with Gasteiger partial charge in [0.15, 0.2) is 0 Å². The van der Waals surface area contributed by atoms with E-state index in [9.17, 15) is 22.8 Å². The molecule has 0 spiro atoms. The van der Waals surface area contributed by atoms with Crippen LogP contribution >= 0.6 is 0 Å². The molecule has 2 aromatic rings. The smallest absolute Gasteiger partial charge is 0.394 e. The summed E-state index contributed by atoms with van der Waals surface area (Å²) in [5.74, 6) is -5.98. The Labute approximate surface area is 134 Å². The molecule has 8 heteroatoms. The Balaban J connectivity index is 1.88. The molecule has 0 bridgehead atoms. The lowest BCUT2D eigenvalue weighted by molar-refractivity contribution is -0.187. The van der Waals surface area contributed by atoms with Crippen molar-refractivity contribution in [2.75, 3.05) is 13.1 Å². The molecular weight excluding hydrogens is 325 g/mol. The molecule has 0 unspecified atom stereocenters. The van der Waals surface area contributed by atoms with E-state index in [1.54, 1.807) is 30.3 Å². The van der Waals surface area contributed by atoms with Crippen molar-refractivity contribution in [1.82, 2.24) is 9.88 Å². The number of pyridine rings is 1. The molecule has 0 saturated carbocycles. The predicted molar refractivity (Wildman–Crippen MR) is 78.3 cm³/mol. The van der Waals surface area contributed by atoms with E-state index in [2.05, 4.69) is 4.98 Å². The lowest BCUT2D eigenvalue weighted by Crippen LogP contribution is -2.34. The Kier molecular flexibility index (Phi) is 3.90. The van der Waals surface area contributed by atoms with Gasteiger partial charge in [-0.05, 0) is 12.1 Å². The zero-order valence-corrected chi connectivity index (χ0v) is 12.3. The number of carbonyl (C=O) groups is 2. The summed E-state index contributed by atoms with van der Waals surface area (Å²) in [5.41, 5.74) is 0.547. The number of carboxylic acids is 1. The number of likely N-dealkylation sites (tertiary alicyclic amines) is 1. The van der Waals surface area contributed by atoms with Crippen molar-refractivity contribution in [3.05, 3.63) is 42.1 Å². The molecule has 1 aromatic carbocycles. The van der Waals surface area contributed by atoms with Crippen LogP contribution in [-0.2, 0) is 4.79 Å². The third-order valence-electron chi connectivity index (χ3n) is 4.16. The Morgan fingerprint density at radius 3 is 2.46 bits per heavy atom. The molecule has 0 radical (unpaired) electrons. The highest BCUT2D eigenvalue weighted by Gasteiger charge is 2.53. The van der Waals surface area contributed by atoms with Gasteiger partial charge in [-0.2, -0.15) is 13.2 Å². The van der Waals surface area contributed by atoms with E-state index in [1.807, 2.05) is 0 Å². The van der Waals surface area contributed by atoms with Gasteiger partial charge in [-0.1, -0.05) is 24.3 Å². The molecule has 1 N–H and O–H groups in total. The van der Waals surface area contributed by atoms with E-state index in [1.165, 1.54) is 6.07 Å². The second-order valence-corrected chi connectivity index (χ2v) is 5.69. The lowest BCUT2D eigenvalue weighted by atomic mass is 9.96. The number of halogens is 3. The molecular formula is C16H13F3N2O3. The molecule has 1 aliphatic rings. The van der Waals surface area contributed by atoms with Crippen molar-refractivity contribution < 1.29 is 27.9 Å². The van der Waals surface area contributed by atoms with Gasteiger partial charge >= 0.3 is 12.1 Å². The quantitative estimate of drug-likeness (QED) is 0.914. The van der Waals surface area contributed by atoms with E-state index in [4.69, 9.17) is 5.11 Å². The number of hydrogen-bond donors (Lipinski definition) is 1. The van der Waals surface area contributed by atoms with Gasteiger partial charge in [0.05, 0.1) is 17.4 Å². The molecule has 1 aliphatic heterocycles. The second-order valence-electron chi connectivity index (χ2n) is 5.69. The summed E-state index contributed by atoms with van der Waals surface area (Å²) in [4.78, 5) is 28.6. The van der Waals surface area contributed by atoms with Crippen LogP contribution in [0.2, 0.25) is 0 Å². The summed E-state index contributed by atoms with van der Waals surface area (Å²) in [5, 5.41) is 9.80. The number of para-hydroxylation sites is 1. The SMILES string of the molecule is O=C(O)[C@@H]1CN(C(=O)c2ccc3ccccc3n2)C[C@H]1C(F)(F)F. The van der Waals surface area contributed by atoms with Gasteiger partial charge in [-0.3, -0.25) is 9.59 Å². The molecule has 24 heavy (non-hydrogen) atoms. The molecule has 1 saturated heterocycles. The van der Waals surface area contributed by atoms with Gasteiger partial charge in [0, 0.05) is 18.5 Å². The number of nitrogens with zero attached hydrogens (tertiary/aromatic N) is 2. The maximum atomic E-state index is 13.0. The van der Waals surface area contributed by atoms with Gasteiger partial charge in [-0.25, -0.2) is 4.98 Å². The average molecular weight is 338 g/mol. The molecule has 1 amide bonds. The number of rotatable bonds is 2. The van der Waals surface area contributed by atoms with Crippen LogP contribution in [0.5, 0.6) is 0 Å². The number of alkyl halides is 3. The van der Waals surface area contributed by atoms with Gasteiger partial charge in [0.25, 0.3) is 5.91 Å². The predicted octanol–water partition coefficient (Wildman–Crippen LogP) is 2.57. The van der Waals surface area contributed by atoms with Crippen LogP contribution < -0.4 is 0 Å². The summed E-state index contributed by atoms with van der Waals surface area (Å²) in [6, 6.07) is 10.1. The van der Waals surface area contributed by atoms with E-state index < -0.39 is 43.0 Å². The number of hydrogen-bond acceptors (Lipinski definition) is 3. The number of carbonyl (C=O) groups excluding carboxylic acids is 1. The fourth-order valence-electron chi connectivity index (χ4n) is 2.90. The first-order valence-corrected chi connectivity index (χ1v) is 7.22. The molecule has 5 nitrogen and oxygen atoms in total. The van der Waals surface area contributed by atoms with Crippen LogP contribution in [0.3, 0.4) is 0 Å². The van der Waals surface area contributed by atoms with Crippen molar-refractivity contribution in [2.24, 2.45) is 11.8 Å². The zero-order chi connectivity index (χ0) is 17.5. The van der Waals surface area contributed by atoms with E-state index >= 15 is 0 Å². The highest BCUT2D eigenvalue weighted by Crippen LogP contribution is 2.38. The first kappa shape index (κ1) is 16.2. The molecule has 1 aromatic heterocycles. The number of aromatic nitrogens is 1. The van der Waals surface area contributed by atoms with Crippen molar-refractivity contribution in [3.8, 4) is 0 Å². The first-order chi connectivity index (χ1) is 11.3. The number of amides is 1. The van der Waals surface area contributed by atoms with Gasteiger partial charge < -0.3 is 10.0 Å². The molecule has 2 atom stereocenters. The van der Waals surface area contributed by atoms with Crippen LogP contribution in [0.1, 0.15) is 10.5 Å². The number of fused-ring (bicyclic) bond motifs is 1. The van der Waals surface area contributed by atoms with Crippen LogP contribution in [-0.4, -0.2) is 46.1 Å². The summed E-state index contributed by atoms with van der Waals surface area (Å²) in [7, 11) is 0. The maximum Gasteiger partial charge on any atom is 0.394 e. The highest BCUT2D eigenvalue weighted by atomic mass is 19.4. The fraction of sp³-hybridized carbons (Fsp3) is 0.312. The average Bonchev–Trinajstić information content (AvgIpc) is 2.99. The Bertz CT molecular complexity index is 806. The maximum absolute atomic E-state index is 13.0. The standard InChI is InChI=1S/C16H13F3N2O3/c17-16(18,19)11-8-21(7-10(11)15(23)24)14(22)13-6-5-9-3-1-2-4-12(9)20-13/h1-6,10-11H,7-8H2,(H,23,24)/t10-,11-/m1/s1. The zero-order valence-electron chi connectivity index (χ0n) is 12.3. The van der Waals surface area contributed by atoms with E-state index in [-0.39, 0.29) is 5.69 Å². The number of aliphatic carboxylic acids is 1. The fourth-order valence-corrected chi connectivity index (χ4v) is 2.90. The molecule has 3 rings (SSSR count). The number of benzene rings is 1. The second kappa shape index (κ2) is 5.77. The van der Waals surface area contributed by atoms with Crippen LogP contribution in [0.25, 0.3) is 10.9 Å². The van der Waals surface area contributed by atoms with E-state index in [0.29, 0.717) is 5.52 Å². The van der Waals surface area contributed by atoms with Crippen molar-refractivity contribution >= 4 is 22.8 Å². The minimum atomic E-state index is -4.67. The molecule has 1 fully saturated rings. The van der Waals surface area contributed by atoms with Crippen molar-refractivity contribution in [1.29, 1.82) is 0 Å². The topological polar surface area (TPSA) is 70.5 Å². The van der Waals surface area contributed by atoms with Crippen LogP contribution in [0.15, 0.2) is 36.4 Å². The lowest BCUT2D eigenvalue weighted by Gasteiger charge is -2.18. The normalized spacial score (nSPS) is 21.2. The van der Waals surface area contributed by atoms with Crippen molar-refractivity contribution in [3.63, 3.8) is 0 Å². The molecule has 126 valence electrons. The minimum absolute atomic E-state index is 0.000614. The van der Waals surface area contributed by atoms with Gasteiger partial charge in [-0.15, -0.1) is 0 Å². The largest absolute Gasteiger partial charge is 0.481 e. The Morgan fingerprint density at radius 2 is 1.83 bits per heavy atom. The third kappa shape index (κ3) is 2.91. The monoisotopic (exact) mass is 338 g/mol. The summed E-state index contributed by atoms with van der Waals surface area (Å²) in [6.07, 6.45) is -4.67. The number of carboxylic acid groups (broad SMARTS) is 1. The minimum Gasteiger partial charge on any atom is -0.481 e. The van der Waals surface area contributed by atoms with Crippen molar-refractivity contribution in [2.45, 2.75) is 6.18 Å². The highest BCUT2D eigenvalue weighted by molar-refractivity contribution is 5.95. The van der Waals surface area contributed by atoms with Crippen LogP contribution in [0, 0.1) is 11.8 Å². The Hall–Kier alpha value is -2.64. The van der Waals surface area contributed by atoms with Crippen LogP contribution in [0.4, 0.5) is 13.2 Å². The van der Waals surface area contributed by atoms with Gasteiger partial charge in [0.1, 0.15) is 5.69 Å².